The van der Waals surface area contributed by atoms with Gasteiger partial charge in [-0.15, -0.1) is 12.6 Å². The molecule has 0 saturated heterocycles. The number of rotatable bonds is 11. The Morgan fingerprint density at radius 1 is 0.836 bits per heavy atom. The van der Waals surface area contributed by atoms with Crippen LogP contribution in [0.4, 0.5) is 22.7 Å². The monoisotopic (exact) mass is 838 g/mol. The van der Waals surface area contributed by atoms with E-state index in [0.717, 1.165) is 90.9 Å². The molecule has 1 unspecified atom stereocenters. The van der Waals surface area contributed by atoms with Crippen molar-refractivity contribution in [3.8, 4) is 11.1 Å². The largest absolute Gasteiger partial charge is 0.355 e. The second kappa shape index (κ2) is 17.7. The van der Waals surface area contributed by atoms with Crippen LogP contribution in [0.5, 0.6) is 0 Å². The van der Waals surface area contributed by atoms with Crippen molar-refractivity contribution >= 4 is 58.8 Å². The van der Waals surface area contributed by atoms with Gasteiger partial charge in [0.1, 0.15) is 0 Å². The van der Waals surface area contributed by atoms with E-state index in [2.05, 4.69) is 200 Å². The summed E-state index contributed by atoms with van der Waals surface area (Å²) in [6, 6.07) is 30.9. The highest BCUT2D eigenvalue weighted by Gasteiger charge is 2.38. The molecule has 312 valence electrons. The standard InChI is InChI=1S/C57H62N2S2/c1-13-42-25-16-17-26-44(42)43(14-2)39(6)32-41(8)59(50-35-48-47(33-40(50)7)56(9,10)29-30-57(48,11)12)51-34-46-36(3)22-19-20-31-61-55(46)52(54(51)60)45-27-21-24-38(5)53(45)58-49-28-18-15-23-37(49)4/h13,15-28,31-35,43,58,60H,1,3,8,14,29-30H2,2,4-7,9-12H3/b22-19-,31-20-,39-32-. The number of hydrogen-bond donors (Lipinski definition) is 2. The smallest absolute Gasteiger partial charge is 0.0608 e. The van der Waals surface area contributed by atoms with Crippen molar-refractivity contribution in [2.45, 2.75) is 108 Å². The van der Waals surface area contributed by atoms with Crippen molar-refractivity contribution < 1.29 is 0 Å². The van der Waals surface area contributed by atoms with Crippen LogP contribution in [0.25, 0.3) is 22.8 Å². The third-order valence-corrected chi connectivity index (χ3v) is 14.5. The van der Waals surface area contributed by atoms with Crippen LogP contribution in [0.1, 0.15) is 111 Å². The van der Waals surface area contributed by atoms with Crippen LogP contribution in [-0.2, 0) is 10.8 Å². The summed E-state index contributed by atoms with van der Waals surface area (Å²) in [5, 5.41) is 6.03. The Bertz CT molecular complexity index is 2650. The van der Waals surface area contributed by atoms with Gasteiger partial charge in [-0.05, 0) is 138 Å². The van der Waals surface area contributed by atoms with Gasteiger partial charge in [0.25, 0.3) is 0 Å². The summed E-state index contributed by atoms with van der Waals surface area (Å²) in [4.78, 5) is 4.38. The number of nitrogens with one attached hydrogen (secondary N) is 1. The molecule has 7 rings (SSSR count). The number of thiol groups is 1. The van der Waals surface area contributed by atoms with Gasteiger partial charge < -0.3 is 10.2 Å². The Hall–Kier alpha value is -5.16. The Morgan fingerprint density at radius 3 is 2.21 bits per heavy atom. The maximum absolute atomic E-state index is 5.66. The predicted octanol–water partition coefficient (Wildman–Crippen LogP) is 17.3. The van der Waals surface area contributed by atoms with Crippen LogP contribution < -0.4 is 10.2 Å². The average molecular weight is 839 g/mol. The van der Waals surface area contributed by atoms with Crippen molar-refractivity contribution in [3.05, 3.63) is 190 Å². The van der Waals surface area contributed by atoms with Gasteiger partial charge in [0, 0.05) is 49.6 Å². The van der Waals surface area contributed by atoms with E-state index < -0.39 is 0 Å². The molecule has 0 bridgehead atoms. The quantitative estimate of drug-likeness (QED) is 0.102. The van der Waals surface area contributed by atoms with Gasteiger partial charge in [0.15, 0.2) is 0 Å². The molecule has 1 heterocycles. The second-order valence-corrected chi connectivity index (χ2v) is 19.6. The maximum atomic E-state index is 5.66. The van der Waals surface area contributed by atoms with Crippen molar-refractivity contribution in [1.29, 1.82) is 0 Å². The molecule has 5 aromatic rings. The van der Waals surface area contributed by atoms with E-state index in [1.807, 2.05) is 6.08 Å². The third-order valence-electron chi connectivity index (χ3n) is 13.1. The molecular formula is C57H62N2S2. The van der Waals surface area contributed by atoms with E-state index in [0.29, 0.717) is 0 Å². The first-order valence-corrected chi connectivity index (χ1v) is 23.0. The zero-order valence-electron chi connectivity index (χ0n) is 37.7. The predicted molar refractivity (Wildman–Crippen MR) is 273 cm³/mol. The van der Waals surface area contributed by atoms with Gasteiger partial charge in [0.2, 0.25) is 0 Å². The highest BCUT2D eigenvalue weighted by atomic mass is 32.2. The van der Waals surface area contributed by atoms with Crippen molar-refractivity contribution in [3.63, 3.8) is 0 Å². The number of hydrogen-bond acceptors (Lipinski definition) is 4. The molecule has 0 fully saturated rings. The highest BCUT2D eigenvalue weighted by molar-refractivity contribution is 8.02. The second-order valence-electron chi connectivity index (χ2n) is 18.2. The van der Waals surface area contributed by atoms with E-state index in [1.165, 1.54) is 33.4 Å². The van der Waals surface area contributed by atoms with Crippen LogP contribution >= 0.6 is 24.4 Å². The maximum Gasteiger partial charge on any atom is 0.0608 e. The molecule has 4 heteroatoms. The SMILES string of the molecule is C=Cc1ccccc1C(CC)/C(C)=C\C(=C)N(c1cc2c(cc1C)C(C)(C)CCC2(C)C)c1cc2c(c(-c3cccc(C)c3Nc3ccccc3C)c1S)S/C=C\C=C/C2=C. The summed E-state index contributed by atoms with van der Waals surface area (Å²) in [5.74, 6) is 0.189. The third kappa shape index (κ3) is 8.55. The van der Waals surface area contributed by atoms with E-state index in [9.17, 15) is 0 Å². The molecule has 0 aromatic heterocycles. The number of allylic oxidation sites excluding steroid dienone is 6. The normalized spacial score (nSPS) is 17.0. The Kier molecular flexibility index (Phi) is 12.7. The zero-order valence-corrected chi connectivity index (χ0v) is 39.4. The summed E-state index contributed by atoms with van der Waals surface area (Å²) in [6.07, 6.45) is 13.8. The molecule has 0 spiro atoms. The minimum Gasteiger partial charge on any atom is -0.355 e. The highest BCUT2D eigenvalue weighted by Crippen LogP contribution is 2.53. The molecule has 1 aliphatic carbocycles. The molecular weight excluding hydrogens is 777 g/mol. The summed E-state index contributed by atoms with van der Waals surface area (Å²) in [6.45, 7) is 34.5. The van der Waals surface area contributed by atoms with Gasteiger partial charge in [0.05, 0.1) is 5.69 Å². The number of nitrogens with zero attached hydrogens (tertiary/aromatic N) is 1. The molecule has 2 aliphatic rings. The van der Waals surface area contributed by atoms with Gasteiger partial charge in [-0.25, -0.2) is 0 Å². The average Bonchev–Trinajstić information content (AvgIpc) is 3.22. The van der Waals surface area contributed by atoms with Gasteiger partial charge in [-0.2, -0.15) is 0 Å². The van der Waals surface area contributed by atoms with Crippen LogP contribution in [0.15, 0.2) is 155 Å². The number of aryl methyl sites for hydroxylation is 3. The van der Waals surface area contributed by atoms with E-state index in [-0.39, 0.29) is 16.7 Å². The lowest BCUT2D eigenvalue weighted by atomic mass is 9.63. The van der Waals surface area contributed by atoms with E-state index >= 15 is 0 Å². The molecule has 2 nitrogen and oxygen atoms in total. The molecule has 61 heavy (non-hydrogen) atoms. The van der Waals surface area contributed by atoms with Crippen LogP contribution in [0.3, 0.4) is 0 Å². The summed E-state index contributed by atoms with van der Waals surface area (Å²) >= 11 is 7.38. The van der Waals surface area contributed by atoms with E-state index in [1.54, 1.807) is 11.8 Å². The zero-order chi connectivity index (χ0) is 43.8. The van der Waals surface area contributed by atoms with Crippen LogP contribution in [-0.4, -0.2) is 0 Å². The minimum atomic E-state index is 0.00844. The topological polar surface area (TPSA) is 15.3 Å². The Labute approximate surface area is 376 Å². The fourth-order valence-corrected chi connectivity index (χ4v) is 10.8. The van der Waals surface area contributed by atoms with Crippen molar-refractivity contribution in [2.24, 2.45) is 0 Å². The number of anilines is 4. The molecule has 1 N–H and O–H groups in total. The summed E-state index contributed by atoms with van der Waals surface area (Å²) in [7, 11) is 0. The molecule has 0 radical (unpaired) electrons. The number of thioether (sulfide) groups is 1. The molecule has 0 amide bonds. The van der Waals surface area contributed by atoms with Crippen molar-refractivity contribution in [2.75, 3.05) is 10.2 Å². The molecule has 5 aromatic carbocycles. The Balaban J connectivity index is 1.54. The van der Waals surface area contributed by atoms with Crippen LogP contribution in [0.2, 0.25) is 0 Å². The first-order valence-electron chi connectivity index (χ1n) is 21.6. The van der Waals surface area contributed by atoms with E-state index in [4.69, 9.17) is 19.2 Å². The number of para-hydroxylation sites is 2. The number of benzene rings is 5. The molecule has 1 atom stereocenters. The Morgan fingerprint density at radius 2 is 1.51 bits per heavy atom. The summed E-state index contributed by atoms with van der Waals surface area (Å²) in [5.41, 5.74) is 19.4. The lowest BCUT2D eigenvalue weighted by Crippen LogP contribution is -2.34. The lowest BCUT2D eigenvalue weighted by Gasteiger charge is -2.43. The first-order chi connectivity index (χ1) is 29.1. The van der Waals surface area contributed by atoms with Gasteiger partial charge in [-0.3, -0.25) is 0 Å². The van der Waals surface area contributed by atoms with Crippen molar-refractivity contribution in [1.82, 2.24) is 0 Å². The number of fused-ring (bicyclic) bond motifs is 2. The fourth-order valence-electron chi connectivity index (χ4n) is 9.35. The molecule has 0 saturated carbocycles. The minimum absolute atomic E-state index is 0.00844. The molecule has 1 aliphatic heterocycles. The first kappa shape index (κ1) is 43.9. The summed E-state index contributed by atoms with van der Waals surface area (Å²) < 4.78 is 0. The fraction of sp³-hybridized carbons (Fsp3) is 0.263. The van der Waals surface area contributed by atoms with Gasteiger partial charge in [-0.1, -0.05) is 163 Å². The van der Waals surface area contributed by atoms with Crippen LogP contribution in [0, 0.1) is 20.8 Å². The lowest BCUT2D eigenvalue weighted by molar-refractivity contribution is 0.332. The van der Waals surface area contributed by atoms with Gasteiger partial charge >= 0.3 is 0 Å².